The lowest BCUT2D eigenvalue weighted by Crippen LogP contribution is -2.42. The largest absolute Gasteiger partial charge is 0.423 e. The Bertz CT molecular complexity index is 1200. The molecule has 0 spiro atoms. The Morgan fingerprint density at radius 3 is 2.27 bits per heavy atom. The van der Waals surface area contributed by atoms with Crippen molar-refractivity contribution in [3.8, 4) is 0 Å². The molecule has 3 saturated heterocycles. The van der Waals surface area contributed by atoms with E-state index in [1.54, 1.807) is 0 Å². The molecule has 11 heteroatoms. The SMILES string of the molecule is Cc1ccc(N2CC3CN(CCCC(=O)N4CCC(Nc5ccc([N+](=O)[O-])c(C(F)(F)F)c5)CC4)CC3C2)cc1. The Morgan fingerprint density at radius 1 is 1.02 bits per heavy atom. The molecule has 0 radical (unpaired) electrons. The van der Waals surface area contributed by atoms with E-state index in [1.807, 2.05) is 4.90 Å². The monoisotopic (exact) mass is 559 g/mol. The highest BCUT2D eigenvalue weighted by Crippen LogP contribution is 2.38. The molecule has 1 amide bonds. The van der Waals surface area contributed by atoms with Gasteiger partial charge in [-0.3, -0.25) is 14.9 Å². The summed E-state index contributed by atoms with van der Waals surface area (Å²) < 4.78 is 39.8. The van der Waals surface area contributed by atoms with E-state index >= 15 is 0 Å². The highest BCUT2D eigenvalue weighted by molar-refractivity contribution is 5.76. The van der Waals surface area contributed by atoms with Gasteiger partial charge in [-0.05, 0) is 68.8 Å². The van der Waals surface area contributed by atoms with Gasteiger partial charge in [0.25, 0.3) is 5.69 Å². The third kappa shape index (κ3) is 6.51. The molecule has 3 aliphatic heterocycles. The number of hydrogen-bond acceptors (Lipinski definition) is 6. The lowest BCUT2D eigenvalue weighted by molar-refractivity contribution is -0.388. The van der Waals surface area contributed by atoms with Crippen molar-refractivity contribution in [3.63, 3.8) is 0 Å². The number of benzene rings is 2. The number of piperidine rings is 1. The zero-order chi connectivity index (χ0) is 28.4. The van der Waals surface area contributed by atoms with E-state index in [-0.39, 0.29) is 17.6 Å². The van der Waals surface area contributed by atoms with Gasteiger partial charge in [0, 0.05) is 69.2 Å². The van der Waals surface area contributed by atoms with Crippen molar-refractivity contribution in [3.05, 3.63) is 63.7 Å². The predicted octanol–water partition coefficient (Wildman–Crippen LogP) is 5.17. The highest BCUT2D eigenvalue weighted by atomic mass is 19.4. The summed E-state index contributed by atoms with van der Waals surface area (Å²) in [6.07, 6.45) is -2.28. The molecule has 216 valence electrons. The fourth-order valence-corrected chi connectivity index (χ4v) is 6.37. The summed E-state index contributed by atoms with van der Waals surface area (Å²) in [4.78, 5) is 29.6. The summed E-state index contributed by atoms with van der Waals surface area (Å²) in [7, 11) is 0. The van der Waals surface area contributed by atoms with Crippen LogP contribution in [0, 0.1) is 28.9 Å². The number of anilines is 2. The third-order valence-electron chi connectivity index (χ3n) is 8.54. The first-order valence-electron chi connectivity index (χ1n) is 14.0. The average Bonchev–Trinajstić information content (AvgIpc) is 3.48. The normalized spacial score (nSPS) is 22.0. The van der Waals surface area contributed by atoms with Gasteiger partial charge in [0.05, 0.1) is 4.92 Å². The zero-order valence-electron chi connectivity index (χ0n) is 22.7. The second kappa shape index (κ2) is 11.6. The maximum absolute atomic E-state index is 13.3. The molecule has 2 aromatic carbocycles. The first kappa shape index (κ1) is 28.2. The molecule has 3 heterocycles. The molecule has 0 bridgehead atoms. The lowest BCUT2D eigenvalue weighted by Gasteiger charge is -2.33. The van der Waals surface area contributed by atoms with Crippen molar-refractivity contribution in [1.82, 2.24) is 9.80 Å². The van der Waals surface area contributed by atoms with Crippen LogP contribution >= 0.6 is 0 Å². The van der Waals surface area contributed by atoms with Crippen LogP contribution in [-0.2, 0) is 11.0 Å². The topological polar surface area (TPSA) is 82.0 Å². The van der Waals surface area contributed by atoms with Gasteiger partial charge in [-0.15, -0.1) is 0 Å². The Kier molecular flexibility index (Phi) is 8.21. The van der Waals surface area contributed by atoms with Crippen LogP contribution in [0.25, 0.3) is 0 Å². The van der Waals surface area contributed by atoms with Crippen LogP contribution < -0.4 is 10.2 Å². The molecule has 2 aromatic rings. The maximum atomic E-state index is 13.3. The number of nitrogens with one attached hydrogen (secondary N) is 1. The number of likely N-dealkylation sites (tertiary alicyclic amines) is 2. The van der Waals surface area contributed by atoms with E-state index in [2.05, 4.69) is 46.3 Å². The van der Waals surface area contributed by atoms with Crippen LogP contribution in [0.15, 0.2) is 42.5 Å². The van der Waals surface area contributed by atoms with Gasteiger partial charge >= 0.3 is 6.18 Å². The van der Waals surface area contributed by atoms with E-state index in [4.69, 9.17) is 0 Å². The highest BCUT2D eigenvalue weighted by Gasteiger charge is 2.40. The summed E-state index contributed by atoms with van der Waals surface area (Å²) in [5.41, 5.74) is 0.547. The van der Waals surface area contributed by atoms with Crippen molar-refractivity contribution >= 4 is 23.0 Å². The fraction of sp³-hybridized carbons (Fsp3) is 0.552. The number of fused-ring (bicyclic) bond motifs is 1. The first-order chi connectivity index (χ1) is 19.1. The Labute approximate surface area is 232 Å². The van der Waals surface area contributed by atoms with Gasteiger partial charge in [-0.1, -0.05) is 17.7 Å². The zero-order valence-corrected chi connectivity index (χ0v) is 22.7. The van der Waals surface area contributed by atoms with Crippen molar-refractivity contribution in [2.75, 3.05) is 56.0 Å². The number of aryl methyl sites for hydroxylation is 1. The van der Waals surface area contributed by atoms with Gasteiger partial charge in [0.2, 0.25) is 5.91 Å². The molecule has 3 aliphatic rings. The van der Waals surface area contributed by atoms with E-state index < -0.39 is 22.4 Å². The summed E-state index contributed by atoms with van der Waals surface area (Å²) in [6.45, 7) is 8.44. The Morgan fingerprint density at radius 2 is 1.68 bits per heavy atom. The van der Waals surface area contributed by atoms with Crippen molar-refractivity contribution in [2.45, 2.75) is 44.8 Å². The summed E-state index contributed by atoms with van der Waals surface area (Å²) in [5.74, 6) is 1.47. The van der Waals surface area contributed by atoms with Crippen LogP contribution in [0.2, 0.25) is 0 Å². The fourth-order valence-electron chi connectivity index (χ4n) is 6.37. The Hall–Kier alpha value is -3.34. The molecule has 8 nitrogen and oxygen atoms in total. The molecular weight excluding hydrogens is 523 g/mol. The van der Waals surface area contributed by atoms with Crippen molar-refractivity contribution in [2.24, 2.45) is 11.8 Å². The second-order valence-corrected chi connectivity index (χ2v) is 11.4. The van der Waals surface area contributed by atoms with Crippen LogP contribution in [0.1, 0.15) is 36.8 Å². The van der Waals surface area contributed by atoms with Crippen LogP contribution in [0.5, 0.6) is 0 Å². The maximum Gasteiger partial charge on any atom is 0.423 e. The number of nitrogens with zero attached hydrogens (tertiary/aromatic N) is 4. The standard InChI is InChI=1S/C29H36F3N5O3/c1-20-4-7-25(8-5-20)36-18-21-16-34(17-22(21)19-36)12-2-3-28(38)35-13-10-23(11-14-35)33-24-6-9-27(37(39)40)26(15-24)29(30,31)32/h4-9,15,21-23,33H,2-3,10-14,16-19H2,1H3. The van der Waals surface area contributed by atoms with Crippen molar-refractivity contribution in [1.29, 1.82) is 0 Å². The van der Waals surface area contributed by atoms with Crippen LogP contribution in [0.4, 0.5) is 30.2 Å². The van der Waals surface area contributed by atoms with Crippen molar-refractivity contribution < 1.29 is 22.9 Å². The van der Waals surface area contributed by atoms with E-state index in [9.17, 15) is 28.1 Å². The number of rotatable bonds is 8. The smallest absolute Gasteiger partial charge is 0.382 e. The minimum Gasteiger partial charge on any atom is -0.382 e. The third-order valence-corrected chi connectivity index (χ3v) is 8.54. The van der Waals surface area contributed by atoms with Gasteiger partial charge in [-0.2, -0.15) is 13.2 Å². The molecule has 0 aliphatic carbocycles. The number of hydrogen-bond donors (Lipinski definition) is 1. The summed E-state index contributed by atoms with van der Waals surface area (Å²) >= 11 is 0. The lowest BCUT2D eigenvalue weighted by atomic mass is 10.0. The van der Waals surface area contributed by atoms with E-state index in [0.717, 1.165) is 51.3 Å². The number of carbonyl (C=O) groups excluding carboxylic acids is 1. The Balaban J connectivity index is 1.02. The number of alkyl halides is 3. The number of halogens is 3. The minimum absolute atomic E-state index is 0.102. The quantitative estimate of drug-likeness (QED) is 0.355. The van der Waals surface area contributed by atoms with Gasteiger partial charge in [0.15, 0.2) is 0 Å². The molecule has 5 rings (SSSR count). The summed E-state index contributed by atoms with van der Waals surface area (Å²) in [5, 5.41) is 14.0. The molecule has 3 fully saturated rings. The summed E-state index contributed by atoms with van der Waals surface area (Å²) in [6, 6.07) is 11.6. The molecule has 40 heavy (non-hydrogen) atoms. The van der Waals surface area contributed by atoms with E-state index in [0.29, 0.717) is 44.2 Å². The molecule has 0 aromatic heterocycles. The molecule has 2 unspecified atom stereocenters. The molecular formula is C29H36F3N5O3. The van der Waals surface area contributed by atoms with Crippen LogP contribution in [0.3, 0.4) is 0 Å². The number of nitro groups is 1. The van der Waals surface area contributed by atoms with Gasteiger partial charge in [0.1, 0.15) is 5.56 Å². The molecule has 2 atom stereocenters. The van der Waals surface area contributed by atoms with Crippen LogP contribution in [-0.4, -0.2) is 72.5 Å². The predicted molar refractivity (Wildman–Crippen MR) is 147 cm³/mol. The van der Waals surface area contributed by atoms with Gasteiger partial charge in [-0.25, -0.2) is 0 Å². The average molecular weight is 560 g/mol. The second-order valence-electron chi connectivity index (χ2n) is 11.4. The molecule has 1 N–H and O–H groups in total. The number of nitro benzene ring substituents is 1. The van der Waals surface area contributed by atoms with E-state index in [1.165, 1.54) is 17.3 Å². The number of carbonyl (C=O) groups is 1. The first-order valence-corrected chi connectivity index (χ1v) is 14.0. The van der Waals surface area contributed by atoms with Gasteiger partial charge < -0.3 is 20.0 Å². The minimum atomic E-state index is -4.81. The number of amides is 1. The molecule has 0 saturated carbocycles.